The van der Waals surface area contributed by atoms with Crippen molar-refractivity contribution in [2.75, 3.05) is 5.33 Å². The second-order valence-electron chi connectivity index (χ2n) is 3.58. The highest BCUT2D eigenvalue weighted by Gasteiger charge is 2.37. The van der Waals surface area contributed by atoms with Crippen LogP contribution in [0.4, 0.5) is 22.0 Å². The fourth-order valence-electron chi connectivity index (χ4n) is 1.46. The molecular weight excluding hydrogens is 307 g/mol. The van der Waals surface area contributed by atoms with E-state index in [9.17, 15) is 22.0 Å². The first-order valence-electron chi connectivity index (χ1n) is 4.97. The fraction of sp³-hybridized carbons (Fsp3) is 0.455. The van der Waals surface area contributed by atoms with Gasteiger partial charge in [0.05, 0.1) is 0 Å². The molecule has 0 radical (unpaired) electrons. The van der Waals surface area contributed by atoms with Crippen LogP contribution in [0.2, 0.25) is 0 Å². The summed E-state index contributed by atoms with van der Waals surface area (Å²) in [5, 5.41) is 0.749. The molecular formula is C11H10BrF5. The predicted molar refractivity (Wildman–Crippen MR) is 58.1 cm³/mol. The zero-order valence-corrected chi connectivity index (χ0v) is 10.3. The van der Waals surface area contributed by atoms with Crippen molar-refractivity contribution in [3.05, 3.63) is 34.9 Å². The molecule has 1 aromatic carbocycles. The lowest BCUT2D eigenvalue weighted by atomic mass is 10.0. The minimum Gasteiger partial charge on any atom is -0.206 e. The zero-order valence-electron chi connectivity index (χ0n) is 8.75. The molecule has 0 nitrogen and oxygen atoms in total. The molecule has 0 saturated carbocycles. The Kier molecular flexibility index (Phi) is 4.91. The van der Waals surface area contributed by atoms with Crippen molar-refractivity contribution in [3.63, 3.8) is 0 Å². The van der Waals surface area contributed by atoms with Crippen LogP contribution in [-0.4, -0.2) is 5.33 Å². The van der Waals surface area contributed by atoms with Gasteiger partial charge in [-0.15, -0.1) is 0 Å². The largest absolute Gasteiger partial charge is 0.422 e. The lowest BCUT2D eigenvalue weighted by Gasteiger charge is -2.10. The first-order chi connectivity index (χ1) is 7.86. The molecule has 0 amide bonds. The normalized spacial score (nSPS) is 11.9. The van der Waals surface area contributed by atoms with Crippen molar-refractivity contribution in [2.24, 2.45) is 0 Å². The Balaban J connectivity index is 2.94. The number of aryl methyl sites for hydroxylation is 1. The van der Waals surface area contributed by atoms with Crippen molar-refractivity contribution in [2.45, 2.75) is 25.4 Å². The summed E-state index contributed by atoms with van der Waals surface area (Å²) >= 11 is 3.19. The second-order valence-corrected chi connectivity index (χ2v) is 4.37. The van der Waals surface area contributed by atoms with Gasteiger partial charge in [-0.25, -0.2) is 8.78 Å². The Morgan fingerprint density at radius 2 is 1.53 bits per heavy atom. The molecule has 96 valence electrons. The highest BCUT2D eigenvalue weighted by Crippen LogP contribution is 2.34. The highest BCUT2D eigenvalue weighted by molar-refractivity contribution is 9.09. The Labute approximate surface area is 104 Å². The van der Waals surface area contributed by atoms with Gasteiger partial charge >= 0.3 is 6.18 Å². The van der Waals surface area contributed by atoms with Crippen LogP contribution >= 0.6 is 15.9 Å². The van der Waals surface area contributed by atoms with E-state index < -0.39 is 23.4 Å². The number of halogens is 6. The summed E-state index contributed by atoms with van der Waals surface area (Å²) in [5.41, 5.74) is -1.57. The highest BCUT2D eigenvalue weighted by atomic mass is 79.9. The molecule has 1 aromatic rings. The summed E-state index contributed by atoms with van der Waals surface area (Å²) in [6.45, 7) is 0. The lowest BCUT2D eigenvalue weighted by Crippen LogP contribution is -2.12. The van der Waals surface area contributed by atoms with Gasteiger partial charge in [-0.2, -0.15) is 13.2 Å². The van der Waals surface area contributed by atoms with Gasteiger partial charge in [0.25, 0.3) is 0 Å². The van der Waals surface area contributed by atoms with Crippen molar-refractivity contribution in [3.8, 4) is 0 Å². The molecule has 0 aliphatic rings. The average Bonchev–Trinajstić information content (AvgIpc) is 2.14. The fourth-order valence-corrected chi connectivity index (χ4v) is 1.86. The molecule has 17 heavy (non-hydrogen) atoms. The molecule has 0 aliphatic carbocycles. The summed E-state index contributed by atoms with van der Waals surface area (Å²) in [6.07, 6.45) is -3.18. The van der Waals surface area contributed by atoms with E-state index in [1.54, 1.807) is 0 Å². The van der Waals surface area contributed by atoms with Crippen LogP contribution in [0, 0.1) is 11.6 Å². The Morgan fingerprint density at radius 3 is 1.94 bits per heavy atom. The summed E-state index contributed by atoms with van der Waals surface area (Å²) in [6, 6.07) is 1.50. The Bertz CT molecular complexity index is 363. The van der Waals surface area contributed by atoms with E-state index in [2.05, 4.69) is 15.9 Å². The topological polar surface area (TPSA) is 0 Å². The van der Waals surface area contributed by atoms with E-state index in [4.69, 9.17) is 0 Å². The number of hydrogen-bond donors (Lipinski definition) is 0. The molecule has 0 atom stereocenters. The number of hydrogen-bond acceptors (Lipinski definition) is 0. The monoisotopic (exact) mass is 316 g/mol. The van der Waals surface area contributed by atoms with Gasteiger partial charge in [0.15, 0.2) is 0 Å². The molecule has 6 heteroatoms. The number of rotatable bonds is 4. The van der Waals surface area contributed by atoms with Gasteiger partial charge in [-0.3, -0.25) is 0 Å². The maximum Gasteiger partial charge on any atom is 0.422 e. The second kappa shape index (κ2) is 5.80. The van der Waals surface area contributed by atoms with Crippen molar-refractivity contribution in [1.29, 1.82) is 0 Å². The van der Waals surface area contributed by atoms with Gasteiger partial charge in [0.1, 0.15) is 17.2 Å². The zero-order chi connectivity index (χ0) is 13.1. The molecule has 1 rings (SSSR count). The molecule has 0 aromatic heterocycles. The van der Waals surface area contributed by atoms with Crippen LogP contribution in [0.3, 0.4) is 0 Å². The predicted octanol–water partition coefficient (Wildman–Crippen LogP) is 4.70. The van der Waals surface area contributed by atoms with Crippen molar-refractivity contribution < 1.29 is 22.0 Å². The van der Waals surface area contributed by atoms with Crippen molar-refractivity contribution >= 4 is 15.9 Å². The van der Waals surface area contributed by atoms with Gasteiger partial charge in [0, 0.05) is 5.33 Å². The molecule has 0 N–H and O–H groups in total. The number of unbranched alkanes of at least 4 members (excludes halogenated alkanes) is 1. The van der Waals surface area contributed by atoms with Gasteiger partial charge < -0.3 is 0 Å². The Hall–Kier alpha value is -0.650. The van der Waals surface area contributed by atoms with Crippen LogP contribution < -0.4 is 0 Å². The minimum absolute atomic E-state index is 0.244. The van der Waals surface area contributed by atoms with E-state index >= 15 is 0 Å². The minimum atomic E-state index is -5.00. The quantitative estimate of drug-likeness (QED) is 0.429. The standard InChI is InChI=1S/C11H10BrF5/c12-4-2-1-3-7-5-8(13)10(9(14)6-7)11(15,16)17/h5-6H,1-4H2. The van der Waals surface area contributed by atoms with Crippen molar-refractivity contribution in [1.82, 2.24) is 0 Å². The van der Waals surface area contributed by atoms with E-state index in [1.165, 1.54) is 0 Å². The van der Waals surface area contributed by atoms with E-state index in [1.807, 2.05) is 0 Å². The summed E-state index contributed by atoms with van der Waals surface area (Å²) in [7, 11) is 0. The first-order valence-corrected chi connectivity index (χ1v) is 6.09. The number of benzene rings is 1. The van der Waals surface area contributed by atoms with E-state index in [0.717, 1.165) is 23.9 Å². The number of alkyl halides is 4. The van der Waals surface area contributed by atoms with Crippen LogP contribution in [0.5, 0.6) is 0 Å². The smallest absolute Gasteiger partial charge is 0.206 e. The van der Waals surface area contributed by atoms with Crippen LogP contribution in [-0.2, 0) is 12.6 Å². The van der Waals surface area contributed by atoms with Gasteiger partial charge in [-0.1, -0.05) is 15.9 Å². The third-order valence-electron chi connectivity index (χ3n) is 2.23. The molecule has 0 heterocycles. The lowest BCUT2D eigenvalue weighted by molar-refractivity contribution is -0.142. The van der Waals surface area contributed by atoms with Gasteiger partial charge in [0.2, 0.25) is 0 Å². The van der Waals surface area contributed by atoms with Crippen LogP contribution in [0.25, 0.3) is 0 Å². The van der Waals surface area contributed by atoms with Crippen LogP contribution in [0.15, 0.2) is 12.1 Å². The molecule has 0 fully saturated rings. The third-order valence-corrected chi connectivity index (χ3v) is 2.80. The Morgan fingerprint density at radius 1 is 1.00 bits per heavy atom. The summed E-state index contributed by atoms with van der Waals surface area (Å²) < 4.78 is 63.1. The molecule has 0 spiro atoms. The van der Waals surface area contributed by atoms with E-state index in [0.29, 0.717) is 12.8 Å². The van der Waals surface area contributed by atoms with Gasteiger partial charge in [-0.05, 0) is 37.0 Å². The molecule has 0 unspecified atom stereocenters. The molecule has 0 bridgehead atoms. The third kappa shape index (κ3) is 3.94. The summed E-state index contributed by atoms with van der Waals surface area (Å²) in [4.78, 5) is 0. The van der Waals surface area contributed by atoms with E-state index in [-0.39, 0.29) is 5.56 Å². The molecule has 0 aliphatic heterocycles. The summed E-state index contributed by atoms with van der Waals surface area (Å²) in [5.74, 6) is -3.10. The first kappa shape index (κ1) is 14.4. The maximum absolute atomic E-state index is 13.1. The average molecular weight is 317 g/mol. The van der Waals surface area contributed by atoms with Crippen LogP contribution in [0.1, 0.15) is 24.0 Å². The molecule has 0 saturated heterocycles. The SMILES string of the molecule is Fc1cc(CCCCBr)cc(F)c1C(F)(F)F. The maximum atomic E-state index is 13.1.